The summed E-state index contributed by atoms with van der Waals surface area (Å²) in [5, 5.41) is -0.153. The van der Waals surface area contributed by atoms with Crippen LogP contribution in [-0.2, 0) is 9.05 Å². The Hall–Kier alpha value is -0.300. The Labute approximate surface area is 143 Å². The number of halogens is 3. The highest BCUT2D eigenvalue weighted by Gasteiger charge is 2.26. The standard InChI is InChI=1S/C13H16BrCl2NO3S/c1-4-5-17(8(2)3)13(18)10-6-9(14)7-11(12(10)15)21(16,19)20/h6-8H,4-5H2,1-3H3. The Morgan fingerprint density at radius 1 is 1.38 bits per heavy atom. The number of benzene rings is 1. The third kappa shape index (κ3) is 4.58. The smallest absolute Gasteiger partial charge is 0.262 e. The molecular weight excluding hydrogens is 401 g/mol. The molecule has 1 amide bonds. The van der Waals surface area contributed by atoms with Crippen molar-refractivity contribution in [3.8, 4) is 0 Å². The highest BCUT2D eigenvalue weighted by Crippen LogP contribution is 2.32. The zero-order valence-corrected chi connectivity index (χ0v) is 15.8. The quantitative estimate of drug-likeness (QED) is 0.672. The van der Waals surface area contributed by atoms with E-state index in [9.17, 15) is 13.2 Å². The molecule has 118 valence electrons. The first-order chi connectivity index (χ1) is 9.59. The summed E-state index contributed by atoms with van der Waals surface area (Å²) < 4.78 is 23.5. The fourth-order valence-electron chi connectivity index (χ4n) is 1.89. The minimum absolute atomic E-state index is 0.0245. The van der Waals surface area contributed by atoms with Gasteiger partial charge >= 0.3 is 0 Å². The summed E-state index contributed by atoms with van der Waals surface area (Å²) in [5.74, 6) is -0.320. The molecule has 0 radical (unpaired) electrons. The summed E-state index contributed by atoms with van der Waals surface area (Å²) >= 11 is 9.26. The Morgan fingerprint density at radius 2 is 1.95 bits per heavy atom. The molecule has 0 aliphatic heterocycles. The third-order valence-electron chi connectivity index (χ3n) is 2.85. The monoisotopic (exact) mass is 415 g/mol. The van der Waals surface area contributed by atoms with Crippen molar-refractivity contribution in [2.75, 3.05) is 6.54 Å². The largest absolute Gasteiger partial charge is 0.336 e. The molecule has 0 aliphatic carbocycles. The number of nitrogens with zero attached hydrogens (tertiary/aromatic N) is 1. The second-order valence-corrected chi connectivity index (χ2v) is 8.62. The van der Waals surface area contributed by atoms with Crippen LogP contribution in [0.15, 0.2) is 21.5 Å². The van der Waals surface area contributed by atoms with Gasteiger partial charge in [0.05, 0.1) is 10.6 Å². The molecule has 0 fully saturated rings. The van der Waals surface area contributed by atoms with Crippen LogP contribution in [0.25, 0.3) is 0 Å². The highest BCUT2D eigenvalue weighted by molar-refractivity contribution is 9.10. The highest BCUT2D eigenvalue weighted by atomic mass is 79.9. The van der Waals surface area contributed by atoms with Gasteiger partial charge in [0, 0.05) is 27.7 Å². The van der Waals surface area contributed by atoms with Crippen LogP contribution >= 0.6 is 38.2 Å². The molecule has 0 spiro atoms. The Kier molecular flexibility index (Phi) is 6.53. The van der Waals surface area contributed by atoms with Crippen molar-refractivity contribution in [3.05, 3.63) is 27.2 Å². The Bertz CT molecular complexity index is 647. The molecule has 0 unspecified atom stereocenters. The maximum absolute atomic E-state index is 12.6. The van der Waals surface area contributed by atoms with E-state index in [1.165, 1.54) is 12.1 Å². The number of carbonyl (C=O) groups excluding carboxylic acids is 1. The van der Waals surface area contributed by atoms with E-state index in [2.05, 4.69) is 15.9 Å². The van der Waals surface area contributed by atoms with Crippen LogP contribution in [0.2, 0.25) is 5.02 Å². The van der Waals surface area contributed by atoms with E-state index in [1.807, 2.05) is 20.8 Å². The van der Waals surface area contributed by atoms with Crippen molar-refractivity contribution in [2.45, 2.75) is 38.1 Å². The van der Waals surface area contributed by atoms with Crippen LogP contribution in [0.5, 0.6) is 0 Å². The van der Waals surface area contributed by atoms with Crippen LogP contribution in [0, 0.1) is 0 Å². The van der Waals surface area contributed by atoms with Gasteiger partial charge in [-0.15, -0.1) is 0 Å². The molecule has 0 saturated carbocycles. The third-order valence-corrected chi connectivity index (χ3v) is 5.17. The molecule has 0 atom stereocenters. The van der Waals surface area contributed by atoms with E-state index in [1.54, 1.807) is 4.90 Å². The van der Waals surface area contributed by atoms with Gasteiger partial charge in [-0.1, -0.05) is 34.5 Å². The summed E-state index contributed by atoms with van der Waals surface area (Å²) in [6.07, 6.45) is 0.788. The summed E-state index contributed by atoms with van der Waals surface area (Å²) in [5.41, 5.74) is 0.118. The van der Waals surface area contributed by atoms with Gasteiger partial charge in [0.1, 0.15) is 4.90 Å². The average Bonchev–Trinajstić information content (AvgIpc) is 2.35. The molecule has 0 aliphatic rings. The van der Waals surface area contributed by atoms with E-state index < -0.39 is 9.05 Å². The van der Waals surface area contributed by atoms with Gasteiger partial charge in [0.25, 0.3) is 15.0 Å². The normalized spacial score (nSPS) is 11.8. The summed E-state index contributed by atoms with van der Waals surface area (Å²) in [6.45, 7) is 6.29. The first kappa shape index (κ1) is 18.7. The zero-order chi connectivity index (χ0) is 16.4. The SMILES string of the molecule is CCCN(C(=O)c1cc(Br)cc(S(=O)(=O)Cl)c1Cl)C(C)C. The lowest BCUT2D eigenvalue weighted by molar-refractivity contribution is 0.0706. The van der Waals surface area contributed by atoms with Gasteiger partial charge in [-0.2, -0.15) is 0 Å². The lowest BCUT2D eigenvalue weighted by Gasteiger charge is -2.27. The second-order valence-electron chi connectivity index (χ2n) is 4.80. The van der Waals surface area contributed by atoms with Crippen LogP contribution in [0.3, 0.4) is 0 Å². The van der Waals surface area contributed by atoms with E-state index in [0.717, 1.165) is 6.42 Å². The average molecular weight is 417 g/mol. The van der Waals surface area contributed by atoms with Crippen LogP contribution in [-0.4, -0.2) is 31.8 Å². The van der Waals surface area contributed by atoms with Crippen LogP contribution in [0.4, 0.5) is 0 Å². The first-order valence-corrected chi connectivity index (χ1v) is 9.82. The molecule has 0 bridgehead atoms. The molecular formula is C13H16BrCl2NO3S. The first-order valence-electron chi connectivity index (χ1n) is 6.34. The number of amides is 1. The molecule has 1 rings (SSSR count). The molecule has 8 heteroatoms. The van der Waals surface area contributed by atoms with Crippen molar-refractivity contribution >= 4 is 53.2 Å². The van der Waals surface area contributed by atoms with Gasteiger partial charge in [0.15, 0.2) is 0 Å². The Morgan fingerprint density at radius 3 is 2.38 bits per heavy atom. The topological polar surface area (TPSA) is 54.5 Å². The summed E-state index contributed by atoms with van der Waals surface area (Å²) in [7, 11) is 1.33. The molecule has 0 saturated heterocycles. The molecule has 1 aromatic rings. The van der Waals surface area contributed by atoms with E-state index in [-0.39, 0.29) is 27.4 Å². The fraction of sp³-hybridized carbons (Fsp3) is 0.462. The lowest BCUT2D eigenvalue weighted by atomic mass is 10.1. The molecule has 0 heterocycles. The molecule has 4 nitrogen and oxygen atoms in total. The predicted molar refractivity (Wildman–Crippen MR) is 88.7 cm³/mol. The van der Waals surface area contributed by atoms with Crippen molar-refractivity contribution < 1.29 is 13.2 Å². The molecule has 0 N–H and O–H groups in total. The summed E-state index contributed by atoms with van der Waals surface area (Å²) in [4.78, 5) is 14.0. The van der Waals surface area contributed by atoms with Crippen molar-refractivity contribution in [1.82, 2.24) is 4.90 Å². The van der Waals surface area contributed by atoms with Gasteiger partial charge in [0.2, 0.25) is 0 Å². The van der Waals surface area contributed by atoms with Crippen molar-refractivity contribution in [2.24, 2.45) is 0 Å². The van der Waals surface area contributed by atoms with Gasteiger partial charge in [-0.3, -0.25) is 4.79 Å². The van der Waals surface area contributed by atoms with Gasteiger partial charge in [-0.05, 0) is 32.4 Å². The molecule has 0 aromatic heterocycles. The van der Waals surface area contributed by atoms with E-state index in [0.29, 0.717) is 11.0 Å². The number of rotatable bonds is 5. The van der Waals surface area contributed by atoms with Crippen LogP contribution < -0.4 is 0 Å². The maximum atomic E-state index is 12.6. The fourth-order valence-corrected chi connectivity index (χ4v) is 4.07. The zero-order valence-electron chi connectivity index (χ0n) is 11.9. The van der Waals surface area contributed by atoms with Crippen molar-refractivity contribution in [3.63, 3.8) is 0 Å². The molecule has 21 heavy (non-hydrogen) atoms. The summed E-state index contributed by atoms with van der Waals surface area (Å²) in [6, 6.07) is 2.76. The maximum Gasteiger partial charge on any atom is 0.262 e. The van der Waals surface area contributed by atoms with E-state index >= 15 is 0 Å². The number of hydrogen-bond donors (Lipinski definition) is 0. The Balaban J connectivity index is 3.43. The van der Waals surface area contributed by atoms with Gasteiger partial charge in [-0.25, -0.2) is 8.42 Å². The van der Waals surface area contributed by atoms with Crippen molar-refractivity contribution in [1.29, 1.82) is 0 Å². The predicted octanol–water partition coefficient (Wildman–Crippen LogP) is 4.29. The van der Waals surface area contributed by atoms with Gasteiger partial charge < -0.3 is 4.90 Å². The number of carbonyl (C=O) groups is 1. The lowest BCUT2D eigenvalue weighted by Crippen LogP contribution is -2.37. The minimum Gasteiger partial charge on any atom is -0.336 e. The molecule has 1 aromatic carbocycles. The second kappa shape index (κ2) is 7.31. The van der Waals surface area contributed by atoms with E-state index in [4.69, 9.17) is 22.3 Å². The number of hydrogen-bond acceptors (Lipinski definition) is 3. The van der Waals surface area contributed by atoms with Crippen LogP contribution in [0.1, 0.15) is 37.6 Å². The minimum atomic E-state index is -4.03.